The highest BCUT2D eigenvalue weighted by atomic mass is 35.5. The van der Waals surface area contributed by atoms with Crippen LogP contribution in [0.4, 0.5) is 21.5 Å². The lowest BCUT2D eigenvalue weighted by atomic mass is 10.1. The van der Waals surface area contributed by atoms with Crippen molar-refractivity contribution in [3.63, 3.8) is 0 Å². The summed E-state index contributed by atoms with van der Waals surface area (Å²) in [7, 11) is 0. The Balaban J connectivity index is 0.00000196. The summed E-state index contributed by atoms with van der Waals surface area (Å²) in [6.07, 6.45) is 0.895. The molecule has 1 heterocycles. The van der Waals surface area contributed by atoms with Crippen molar-refractivity contribution in [2.24, 2.45) is 0 Å². The van der Waals surface area contributed by atoms with Crippen LogP contribution in [0.15, 0.2) is 36.4 Å². The van der Waals surface area contributed by atoms with Gasteiger partial charge in [0.25, 0.3) is 5.69 Å². The molecule has 0 spiro atoms. The summed E-state index contributed by atoms with van der Waals surface area (Å²) in [6, 6.07) is 9.79. The van der Waals surface area contributed by atoms with Crippen molar-refractivity contribution in [1.82, 2.24) is 4.90 Å². The fourth-order valence-corrected chi connectivity index (χ4v) is 3.31. The fourth-order valence-electron chi connectivity index (χ4n) is 3.31. The van der Waals surface area contributed by atoms with E-state index in [1.165, 1.54) is 12.1 Å². The number of benzene rings is 2. The Hall–Kier alpha value is -2.09. The Morgan fingerprint density at radius 3 is 2.43 bits per heavy atom. The molecule has 1 aliphatic heterocycles. The molecule has 1 fully saturated rings. The molecule has 3 rings (SSSR count). The number of nitrogen functional groups attached to an aromatic ring is 1. The molecule has 1 aliphatic rings. The summed E-state index contributed by atoms with van der Waals surface area (Å²) in [5.41, 5.74) is 9.02. The molecular weight excluding hydrogens is 406 g/mol. The largest absolute Gasteiger partial charge is 0.398 e. The van der Waals surface area contributed by atoms with E-state index in [2.05, 4.69) is 4.90 Å². The van der Waals surface area contributed by atoms with Crippen molar-refractivity contribution in [1.29, 1.82) is 0 Å². The van der Waals surface area contributed by atoms with Crippen molar-refractivity contribution in [2.75, 3.05) is 36.8 Å². The summed E-state index contributed by atoms with van der Waals surface area (Å²) in [4.78, 5) is 15.4. The van der Waals surface area contributed by atoms with Crippen LogP contribution in [-0.4, -0.2) is 36.0 Å². The Morgan fingerprint density at radius 1 is 1.11 bits per heavy atom. The lowest BCUT2D eigenvalue weighted by Crippen LogP contribution is -2.31. The number of nitrogens with two attached hydrogens (primary N) is 1. The van der Waals surface area contributed by atoms with Gasteiger partial charge in [-0.25, -0.2) is 4.39 Å². The van der Waals surface area contributed by atoms with Crippen LogP contribution in [0.25, 0.3) is 0 Å². The second-order valence-electron chi connectivity index (χ2n) is 6.70. The van der Waals surface area contributed by atoms with Crippen LogP contribution in [0.3, 0.4) is 0 Å². The highest BCUT2D eigenvalue weighted by Gasteiger charge is 2.23. The smallest absolute Gasteiger partial charge is 0.292 e. The van der Waals surface area contributed by atoms with E-state index in [1.54, 1.807) is 31.2 Å². The molecule has 9 heteroatoms. The molecule has 0 aromatic heterocycles. The van der Waals surface area contributed by atoms with Gasteiger partial charge in [0.2, 0.25) is 0 Å². The van der Waals surface area contributed by atoms with Gasteiger partial charge >= 0.3 is 0 Å². The number of halogens is 3. The van der Waals surface area contributed by atoms with Gasteiger partial charge in [-0.15, -0.1) is 24.8 Å². The molecule has 1 saturated heterocycles. The van der Waals surface area contributed by atoms with Crippen molar-refractivity contribution in [2.45, 2.75) is 19.9 Å². The summed E-state index contributed by atoms with van der Waals surface area (Å²) in [6.45, 7) is 5.62. The van der Waals surface area contributed by atoms with Gasteiger partial charge in [0, 0.05) is 44.5 Å². The van der Waals surface area contributed by atoms with E-state index in [9.17, 15) is 14.5 Å². The molecule has 0 atom stereocenters. The predicted molar refractivity (Wildman–Crippen MR) is 115 cm³/mol. The minimum atomic E-state index is -0.344. The first-order valence-electron chi connectivity index (χ1n) is 8.70. The summed E-state index contributed by atoms with van der Waals surface area (Å²) >= 11 is 0. The molecule has 6 nitrogen and oxygen atoms in total. The van der Waals surface area contributed by atoms with Crippen LogP contribution in [0.2, 0.25) is 0 Å². The maximum absolute atomic E-state index is 13.0. The zero-order valence-electron chi connectivity index (χ0n) is 15.6. The van der Waals surface area contributed by atoms with Gasteiger partial charge in [-0.05, 0) is 42.7 Å². The minimum absolute atomic E-state index is 0. The lowest BCUT2D eigenvalue weighted by molar-refractivity contribution is -0.384. The zero-order valence-corrected chi connectivity index (χ0v) is 17.3. The van der Waals surface area contributed by atoms with E-state index in [1.807, 2.05) is 4.90 Å². The van der Waals surface area contributed by atoms with Gasteiger partial charge in [-0.1, -0.05) is 12.1 Å². The molecule has 0 bridgehead atoms. The Kier molecular flexibility index (Phi) is 8.94. The van der Waals surface area contributed by atoms with E-state index in [0.717, 1.165) is 38.2 Å². The molecule has 28 heavy (non-hydrogen) atoms. The maximum Gasteiger partial charge on any atom is 0.292 e. The fraction of sp³-hybridized carbons (Fsp3) is 0.368. The summed E-state index contributed by atoms with van der Waals surface area (Å²) in [5.74, 6) is -0.236. The van der Waals surface area contributed by atoms with Gasteiger partial charge in [-0.3, -0.25) is 15.0 Å². The van der Waals surface area contributed by atoms with E-state index in [4.69, 9.17) is 5.73 Å². The normalized spacial score (nSPS) is 14.6. The van der Waals surface area contributed by atoms with Gasteiger partial charge in [0.05, 0.1) is 4.92 Å². The third-order valence-corrected chi connectivity index (χ3v) is 4.81. The first-order valence-corrected chi connectivity index (χ1v) is 8.70. The van der Waals surface area contributed by atoms with E-state index in [0.29, 0.717) is 23.5 Å². The van der Waals surface area contributed by atoms with Gasteiger partial charge < -0.3 is 10.6 Å². The highest BCUT2D eigenvalue weighted by Crippen LogP contribution is 2.33. The van der Waals surface area contributed by atoms with Crippen molar-refractivity contribution in [3.05, 3.63) is 63.5 Å². The second kappa shape index (κ2) is 10.5. The number of rotatable bonds is 4. The third-order valence-electron chi connectivity index (χ3n) is 4.81. The van der Waals surface area contributed by atoms with Crippen LogP contribution >= 0.6 is 24.8 Å². The topological polar surface area (TPSA) is 75.6 Å². The first kappa shape index (κ1) is 23.9. The van der Waals surface area contributed by atoms with Crippen molar-refractivity contribution < 1.29 is 9.31 Å². The minimum Gasteiger partial charge on any atom is -0.398 e. The molecule has 0 radical (unpaired) electrons. The zero-order chi connectivity index (χ0) is 18.7. The summed E-state index contributed by atoms with van der Waals surface area (Å²) in [5, 5.41) is 11.4. The molecule has 0 unspecified atom stereocenters. The van der Waals surface area contributed by atoms with Gasteiger partial charge in [0.15, 0.2) is 0 Å². The van der Waals surface area contributed by atoms with E-state index in [-0.39, 0.29) is 41.2 Å². The monoisotopic (exact) mass is 430 g/mol. The predicted octanol–water partition coefficient (Wildman–Crippen LogP) is 4.18. The summed E-state index contributed by atoms with van der Waals surface area (Å²) < 4.78 is 13.0. The van der Waals surface area contributed by atoms with Crippen LogP contribution in [0, 0.1) is 22.9 Å². The van der Waals surface area contributed by atoms with Gasteiger partial charge in [-0.2, -0.15) is 0 Å². The van der Waals surface area contributed by atoms with Crippen LogP contribution in [0.5, 0.6) is 0 Å². The third kappa shape index (κ3) is 5.70. The highest BCUT2D eigenvalue weighted by molar-refractivity contribution is 5.85. The molecule has 2 aromatic rings. The number of hydrogen-bond donors (Lipinski definition) is 1. The van der Waals surface area contributed by atoms with Crippen LogP contribution in [-0.2, 0) is 6.54 Å². The molecule has 0 aliphatic carbocycles. The molecule has 2 aromatic carbocycles. The second-order valence-corrected chi connectivity index (χ2v) is 6.70. The molecule has 0 saturated carbocycles. The standard InChI is InChI=1S/C19H23FN4O2.2ClH/c1-14-11-19(24(25)26)18(12-17(14)21)23-8-2-7-22(9-10-23)13-15-3-5-16(20)6-4-15;;/h3-6,11-12H,2,7-10,13,21H2,1H3;2*1H. The average molecular weight is 431 g/mol. The van der Waals surface area contributed by atoms with Crippen LogP contribution in [0.1, 0.15) is 17.5 Å². The average Bonchev–Trinajstić information content (AvgIpc) is 2.84. The Bertz CT molecular complexity index is 805. The Morgan fingerprint density at radius 2 is 1.79 bits per heavy atom. The Labute approximate surface area is 176 Å². The number of nitrogens with zero attached hydrogens (tertiary/aromatic N) is 3. The lowest BCUT2D eigenvalue weighted by Gasteiger charge is -2.24. The van der Waals surface area contributed by atoms with Crippen molar-refractivity contribution >= 4 is 41.9 Å². The first-order chi connectivity index (χ1) is 12.4. The van der Waals surface area contributed by atoms with E-state index >= 15 is 0 Å². The van der Waals surface area contributed by atoms with E-state index < -0.39 is 0 Å². The maximum atomic E-state index is 13.0. The molecular formula is C19H25Cl2FN4O2. The number of nitro benzene ring substituents is 1. The SMILES string of the molecule is Cc1cc([N+](=O)[O-])c(N2CCCN(Cc3ccc(F)cc3)CC2)cc1N.Cl.Cl. The quantitative estimate of drug-likeness (QED) is 0.447. The molecule has 0 amide bonds. The number of aryl methyl sites for hydroxylation is 1. The number of nitro groups is 1. The number of anilines is 2. The van der Waals surface area contributed by atoms with Gasteiger partial charge in [0.1, 0.15) is 11.5 Å². The number of hydrogen-bond acceptors (Lipinski definition) is 5. The van der Waals surface area contributed by atoms with Crippen molar-refractivity contribution in [3.8, 4) is 0 Å². The molecule has 2 N–H and O–H groups in total. The van der Waals surface area contributed by atoms with Crippen LogP contribution < -0.4 is 10.6 Å². The molecule has 154 valence electrons.